The van der Waals surface area contributed by atoms with Gasteiger partial charge in [0.1, 0.15) is 0 Å². The van der Waals surface area contributed by atoms with E-state index < -0.39 is 0 Å². The number of pyridine rings is 2. The lowest BCUT2D eigenvalue weighted by molar-refractivity contribution is 0.870. The third-order valence-electron chi connectivity index (χ3n) is 3.10. The Kier molecular flexibility index (Phi) is 2.74. The second-order valence-electron chi connectivity index (χ2n) is 4.21. The first-order valence-corrected chi connectivity index (χ1v) is 5.84. The van der Waals surface area contributed by atoms with Crippen molar-refractivity contribution in [2.75, 3.05) is 0 Å². The van der Waals surface area contributed by atoms with E-state index in [0.29, 0.717) is 0 Å². The van der Waals surface area contributed by atoms with E-state index in [0.717, 1.165) is 21.9 Å². The lowest BCUT2D eigenvalue weighted by atomic mass is 9.97. The van der Waals surface area contributed by atoms with Gasteiger partial charge < -0.3 is 5.73 Å². The van der Waals surface area contributed by atoms with Gasteiger partial charge in [-0.15, -0.1) is 0 Å². The molecule has 3 nitrogen and oxygen atoms in total. The summed E-state index contributed by atoms with van der Waals surface area (Å²) in [5.41, 5.74) is 8.40. The quantitative estimate of drug-likeness (QED) is 0.743. The van der Waals surface area contributed by atoms with Gasteiger partial charge in [0, 0.05) is 30.2 Å². The van der Waals surface area contributed by atoms with E-state index >= 15 is 0 Å². The molecule has 2 N–H and O–H groups in total. The van der Waals surface area contributed by atoms with Crippen molar-refractivity contribution in [2.45, 2.75) is 6.04 Å². The van der Waals surface area contributed by atoms with Crippen LogP contribution in [0.1, 0.15) is 17.2 Å². The Balaban J connectivity index is 2.15. The van der Waals surface area contributed by atoms with Crippen molar-refractivity contribution in [2.24, 2.45) is 5.73 Å². The van der Waals surface area contributed by atoms with Gasteiger partial charge in [-0.2, -0.15) is 0 Å². The number of aromatic nitrogens is 2. The van der Waals surface area contributed by atoms with Crippen molar-refractivity contribution in [1.82, 2.24) is 9.97 Å². The fourth-order valence-corrected chi connectivity index (χ4v) is 2.14. The number of rotatable bonds is 2. The molecule has 2 aromatic heterocycles. The molecule has 0 saturated carbocycles. The van der Waals surface area contributed by atoms with Crippen molar-refractivity contribution in [1.29, 1.82) is 0 Å². The predicted molar refractivity (Wildman–Crippen MR) is 72.0 cm³/mol. The summed E-state index contributed by atoms with van der Waals surface area (Å²) in [5, 5.41) is 2.26. The van der Waals surface area contributed by atoms with Crippen LogP contribution >= 0.6 is 0 Å². The molecule has 18 heavy (non-hydrogen) atoms. The van der Waals surface area contributed by atoms with Gasteiger partial charge in [0.2, 0.25) is 0 Å². The zero-order valence-corrected chi connectivity index (χ0v) is 9.82. The van der Waals surface area contributed by atoms with Gasteiger partial charge in [0.05, 0.1) is 6.04 Å². The Morgan fingerprint density at radius 3 is 2.50 bits per heavy atom. The van der Waals surface area contributed by atoms with Gasteiger partial charge in [0.25, 0.3) is 0 Å². The number of benzene rings is 1. The van der Waals surface area contributed by atoms with Crippen molar-refractivity contribution in [3.8, 4) is 0 Å². The number of nitrogens with zero attached hydrogens (tertiary/aromatic N) is 2. The maximum Gasteiger partial charge on any atom is 0.0574 e. The van der Waals surface area contributed by atoms with Gasteiger partial charge in [0.15, 0.2) is 0 Å². The molecule has 1 unspecified atom stereocenters. The maximum atomic E-state index is 6.31. The summed E-state index contributed by atoms with van der Waals surface area (Å²) >= 11 is 0. The second kappa shape index (κ2) is 4.55. The van der Waals surface area contributed by atoms with Gasteiger partial charge >= 0.3 is 0 Å². The monoisotopic (exact) mass is 235 g/mol. The number of hydrogen-bond donors (Lipinski definition) is 1. The zero-order valence-electron chi connectivity index (χ0n) is 9.82. The van der Waals surface area contributed by atoms with Crippen LogP contribution in [0, 0.1) is 0 Å². The van der Waals surface area contributed by atoms with E-state index in [1.165, 1.54) is 0 Å². The number of nitrogens with two attached hydrogens (primary N) is 1. The third-order valence-corrected chi connectivity index (χ3v) is 3.10. The Morgan fingerprint density at radius 2 is 1.67 bits per heavy atom. The van der Waals surface area contributed by atoms with Crippen LogP contribution in [-0.2, 0) is 0 Å². The summed E-state index contributed by atoms with van der Waals surface area (Å²) in [5.74, 6) is 0. The van der Waals surface area contributed by atoms with Crippen LogP contribution in [0.5, 0.6) is 0 Å². The minimum atomic E-state index is -0.174. The van der Waals surface area contributed by atoms with Crippen LogP contribution in [0.3, 0.4) is 0 Å². The summed E-state index contributed by atoms with van der Waals surface area (Å²) in [4.78, 5) is 8.28. The molecule has 3 heteroatoms. The van der Waals surface area contributed by atoms with Crippen molar-refractivity contribution in [3.05, 3.63) is 72.3 Å². The van der Waals surface area contributed by atoms with Crippen molar-refractivity contribution in [3.63, 3.8) is 0 Å². The molecular weight excluding hydrogens is 222 g/mol. The third kappa shape index (κ3) is 1.85. The van der Waals surface area contributed by atoms with Crippen LogP contribution in [0.4, 0.5) is 0 Å². The second-order valence-corrected chi connectivity index (χ2v) is 4.21. The fraction of sp³-hybridized carbons (Fsp3) is 0.0667. The highest BCUT2D eigenvalue weighted by Crippen LogP contribution is 2.25. The molecule has 88 valence electrons. The lowest BCUT2D eigenvalue weighted by Gasteiger charge is -2.14. The van der Waals surface area contributed by atoms with Crippen LogP contribution in [0.25, 0.3) is 10.8 Å². The van der Waals surface area contributed by atoms with E-state index in [-0.39, 0.29) is 6.04 Å². The van der Waals surface area contributed by atoms with E-state index in [4.69, 9.17) is 5.73 Å². The first kappa shape index (κ1) is 10.9. The first-order valence-electron chi connectivity index (χ1n) is 5.84. The molecule has 0 aliphatic carbocycles. The molecular formula is C15H13N3. The summed E-state index contributed by atoms with van der Waals surface area (Å²) < 4.78 is 0. The van der Waals surface area contributed by atoms with E-state index in [9.17, 15) is 0 Å². The minimum Gasteiger partial charge on any atom is -0.320 e. The highest BCUT2D eigenvalue weighted by atomic mass is 14.7. The number of fused-ring (bicyclic) bond motifs is 1. The van der Waals surface area contributed by atoms with E-state index in [1.807, 2.05) is 42.7 Å². The summed E-state index contributed by atoms with van der Waals surface area (Å²) in [6.07, 6.45) is 7.22. The molecule has 3 rings (SSSR count). The van der Waals surface area contributed by atoms with E-state index in [1.54, 1.807) is 12.4 Å². The Morgan fingerprint density at radius 1 is 0.889 bits per heavy atom. The molecule has 2 heterocycles. The molecule has 3 aromatic rings. The SMILES string of the molecule is NC(c1ccncc1)c1cncc2ccccc12. The molecule has 0 amide bonds. The standard InChI is InChI=1S/C15H13N3/c16-15(11-5-7-17-8-6-11)14-10-18-9-12-3-1-2-4-13(12)14/h1-10,15H,16H2. The Bertz CT molecular complexity index is 659. The Labute approximate surface area is 105 Å². The maximum absolute atomic E-state index is 6.31. The molecule has 0 aliphatic heterocycles. The van der Waals surface area contributed by atoms with Gasteiger partial charge in [-0.3, -0.25) is 9.97 Å². The van der Waals surface area contributed by atoms with Crippen molar-refractivity contribution < 1.29 is 0 Å². The molecule has 1 aromatic carbocycles. The highest BCUT2D eigenvalue weighted by Gasteiger charge is 2.11. The molecule has 0 bridgehead atoms. The zero-order chi connectivity index (χ0) is 12.4. The van der Waals surface area contributed by atoms with Crippen LogP contribution in [0.2, 0.25) is 0 Å². The summed E-state index contributed by atoms with van der Waals surface area (Å²) in [7, 11) is 0. The molecule has 1 atom stereocenters. The smallest absolute Gasteiger partial charge is 0.0574 e. The molecule has 0 fully saturated rings. The summed E-state index contributed by atoms with van der Waals surface area (Å²) in [6, 6.07) is 11.8. The average Bonchev–Trinajstić information content (AvgIpc) is 2.47. The van der Waals surface area contributed by atoms with Crippen LogP contribution in [-0.4, -0.2) is 9.97 Å². The minimum absolute atomic E-state index is 0.174. The Hall–Kier alpha value is -2.26. The van der Waals surface area contributed by atoms with Gasteiger partial charge in [-0.05, 0) is 28.6 Å². The number of hydrogen-bond acceptors (Lipinski definition) is 3. The van der Waals surface area contributed by atoms with Crippen molar-refractivity contribution >= 4 is 10.8 Å². The highest BCUT2D eigenvalue weighted by molar-refractivity contribution is 5.85. The average molecular weight is 235 g/mol. The van der Waals surface area contributed by atoms with Gasteiger partial charge in [-0.1, -0.05) is 24.3 Å². The topological polar surface area (TPSA) is 51.8 Å². The largest absolute Gasteiger partial charge is 0.320 e. The fourth-order valence-electron chi connectivity index (χ4n) is 2.14. The summed E-state index contributed by atoms with van der Waals surface area (Å²) in [6.45, 7) is 0. The normalized spacial score (nSPS) is 12.5. The molecule has 0 saturated heterocycles. The van der Waals surface area contributed by atoms with Crippen LogP contribution in [0.15, 0.2) is 61.2 Å². The van der Waals surface area contributed by atoms with E-state index in [2.05, 4.69) is 16.0 Å². The molecule has 0 spiro atoms. The van der Waals surface area contributed by atoms with Gasteiger partial charge in [-0.25, -0.2) is 0 Å². The first-order chi connectivity index (χ1) is 8.86. The molecule has 0 aliphatic rings. The lowest BCUT2D eigenvalue weighted by Crippen LogP contribution is -2.12. The van der Waals surface area contributed by atoms with Crippen LogP contribution < -0.4 is 5.73 Å². The predicted octanol–water partition coefficient (Wildman–Crippen LogP) is 2.68. The molecule has 0 radical (unpaired) electrons.